The van der Waals surface area contributed by atoms with Crippen molar-refractivity contribution in [2.45, 2.75) is 62.8 Å². The van der Waals surface area contributed by atoms with Gasteiger partial charge in [0.2, 0.25) is 0 Å². The summed E-state index contributed by atoms with van der Waals surface area (Å²) in [6, 6.07) is 18.6. The molecule has 1 aliphatic carbocycles. The zero-order valence-corrected chi connectivity index (χ0v) is 21.3. The molecule has 0 heterocycles. The summed E-state index contributed by atoms with van der Waals surface area (Å²) in [7, 11) is 0. The molecule has 1 fully saturated rings. The van der Waals surface area contributed by atoms with Crippen LogP contribution in [0.5, 0.6) is 11.5 Å². The molecule has 1 aliphatic rings. The largest absolute Gasteiger partial charge is 0.573 e. The highest BCUT2D eigenvalue weighted by molar-refractivity contribution is 5.76. The quantitative estimate of drug-likeness (QED) is 0.262. The minimum atomic E-state index is -4.97. The zero-order chi connectivity index (χ0) is 28.8. The van der Waals surface area contributed by atoms with Crippen LogP contribution < -0.4 is 20.1 Å². The van der Waals surface area contributed by atoms with Crippen LogP contribution in [0.3, 0.4) is 0 Å². The molecule has 2 N–H and O–H groups in total. The van der Waals surface area contributed by atoms with E-state index in [1.807, 2.05) is 30.3 Å². The van der Waals surface area contributed by atoms with Crippen molar-refractivity contribution in [3.05, 3.63) is 95.6 Å². The first-order valence-electron chi connectivity index (χ1n) is 12.8. The molecular formula is C29H28F6N2O3. The molecule has 0 saturated heterocycles. The van der Waals surface area contributed by atoms with E-state index in [9.17, 15) is 31.1 Å². The summed E-state index contributed by atoms with van der Waals surface area (Å²) in [6.45, 7) is 0. The predicted molar refractivity (Wildman–Crippen MR) is 136 cm³/mol. The lowest BCUT2D eigenvalue weighted by Gasteiger charge is -2.37. The maximum absolute atomic E-state index is 13.4. The molecule has 0 spiro atoms. The van der Waals surface area contributed by atoms with Crippen LogP contribution in [0.25, 0.3) is 0 Å². The SMILES string of the molecule is O=C(NC1CCCC1)NC(CCc1ccccc1)(c1cccc(OC(F)(F)F)c1)c1cccc(OC(F)(F)F)c1. The summed E-state index contributed by atoms with van der Waals surface area (Å²) in [5.41, 5.74) is -0.323. The molecular weight excluding hydrogens is 538 g/mol. The Hall–Kier alpha value is -3.89. The Morgan fingerprint density at radius 3 is 1.77 bits per heavy atom. The van der Waals surface area contributed by atoms with E-state index in [0.717, 1.165) is 55.5 Å². The number of hydrogen-bond acceptors (Lipinski definition) is 3. The van der Waals surface area contributed by atoms with Crippen LogP contribution in [0.1, 0.15) is 48.8 Å². The molecule has 0 atom stereocenters. The van der Waals surface area contributed by atoms with E-state index in [0.29, 0.717) is 6.42 Å². The van der Waals surface area contributed by atoms with Gasteiger partial charge in [-0.1, -0.05) is 67.4 Å². The summed E-state index contributed by atoms with van der Waals surface area (Å²) in [5.74, 6) is -1.07. The van der Waals surface area contributed by atoms with Crippen molar-refractivity contribution in [1.82, 2.24) is 10.6 Å². The van der Waals surface area contributed by atoms with Crippen molar-refractivity contribution in [2.75, 3.05) is 0 Å². The number of carbonyl (C=O) groups is 1. The molecule has 0 bridgehead atoms. The highest BCUT2D eigenvalue weighted by atomic mass is 19.4. The lowest BCUT2D eigenvalue weighted by Crippen LogP contribution is -2.52. The molecule has 40 heavy (non-hydrogen) atoms. The number of alkyl halides is 6. The summed E-state index contributed by atoms with van der Waals surface area (Å²) < 4.78 is 86.8. The number of aryl methyl sites for hydroxylation is 1. The van der Waals surface area contributed by atoms with Crippen LogP contribution in [0.15, 0.2) is 78.9 Å². The number of halogens is 6. The predicted octanol–water partition coefficient (Wildman–Crippen LogP) is 7.60. The summed E-state index contributed by atoms with van der Waals surface area (Å²) in [5, 5.41) is 5.82. The maximum Gasteiger partial charge on any atom is 0.573 e. The van der Waals surface area contributed by atoms with Crippen LogP contribution in [0.2, 0.25) is 0 Å². The molecule has 11 heteroatoms. The van der Waals surface area contributed by atoms with E-state index >= 15 is 0 Å². The van der Waals surface area contributed by atoms with Crippen molar-refractivity contribution in [2.24, 2.45) is 0 Å². The molecule has 0 aromatic heterocycles. The van der Waals surface area contributed by atoms with E-state index < -0.39 is 35.8 Å². The number of nitrogens with one attached hydrogen (secondary N) is 2. The Morgan fingerprint density at radius 2 is 1.27 bits per heavy atom. The van der Waals surface area contributed by atoms with Gasteiger partial charge in [-0.05, 0) is 66.6 Å². The number of hydrogen-bond donors (Lipinski definition) is 2. The number of amides is 2. The third-order valence-corrected chi connectivity index (χ3v) is 6.77. The fraction of sp³-hybridized carbons (Fsp3) is 0.345. The van der Waals surface area contributed by atoms with Crippen molar-refractivity contribution in [3.63, 3.8) is 0 Å². The van der Waals surface area contributed by atoms with Crippen LogP contribution in [0.4, 0.5) is 31.1 Å². The first-order valence-corrected chi connectivity index (χ1v) is 12.8. The number of benzene rings is 3. The van der Waals surface area contributed by atoms with Gasteiger partial charge in [0.15, 0.2) is 0 Å². The van der Waals surface area contributed by atoms with Crippen LogP contribution in [-0.4, -0.2) is 24.8 Å². The van der Waals surface area contributed by atoms with E-state index in [1.165, 1.54) is 24.3 Å². The van der Waals surface area contributed by atoms with Crippen LogP contribution in [-0.2, 0) is 12.0 Å². The highest BCUT2D eigenvalue weighted by Gasteiger charge is 2.39. The van der Waals surface area contributed by atoms with Gasteiger partial charge in [0, 0.05) is 6.04 Å². The van der Waals surface area contributed by atoms with Gasteiger partial charge >= 0.3 is 18.8 Å². The molecule has 0 unspecified atom stereocenters. The van der Waals surface area contributed by atoms with Gasteiger partial charge < -0.3 is 20.1 Å². The lowest BCUT2D eigenvalue weighted by atomic mass is 9.78. The monoisotopic (exact) mass is 566 g/mol. The van der Waals surface area contributed by atoms with Gasteiger partial charge in [0.25, 0.3) is 0 Å². The van der Waals surface area contributed by atoms with Crippen LogP contribution in [0, 0.1) is 0 Å². The Bertz CT molecular complexity index is 1220. The van der Waals surface area contributed by atoms with Crippen LogP contribution >= 0.6 is 0 Å². The van der Waals surface area contributed by atoms with Gasteiger partial charge in [-0.15, -0.1) is 26.3 Å². The van der Waals surface area contributed by atoms with Crippen molar-refractivity contribution in [1.29, 1.82) is 0 Å². The Labute approximate surface area is 227 Å². The fourth-order valence-electron chi connectivity index (χ4n) is 5.04. The number of carbonyl (C=O) groups excluding carboxylic acids is 1. The van der Waals surface area contributed by atoms with Crippen molar-refractivity contribution in [3.8, 4) is 11.5 Å². The Morgan fingerprint density at radius 1 is 0.750 bits per heavy atom. The fourth-order valence-corrected chi connectivity index (χ4v) is 5.04. The first kappa shape index (κ1) is 29.1. The normalized spacial score (nSPS) is 14.6. The van der Waals surface area contributed by atoms with Gasteiger partial charge in [-0.25, -0.2) is 4.79 Å². The molecule has 3 aromatic rings. The molecule has 5 nitrogen and oxygen atoms in total. The van der Waals surface area contributed by atoms with Gasteiger partial charge in [-0.2, -0.15) is 0 Å². The Balaban J connectivity index is 1.83. The van der Waals surface area contributed by atoms with Gasteiger partial charge in [-0.3, -0.25) is 0 Å². The van der Waals surface area contributed by atoms with E-state index in [2.05, 4.69) is 20.1 Å². The minimum absolute atomic E-state index is 0.0911. The highest BCUT2D eigenvalue weighted by Crippen LogP contribution is 2.39. The molecule has 1 saturated carbocycles. The van der Waals surface area contributed by atoms with E-state index in [1.54, 1.807) is 0 Å². The maximum atomic E-state index is 13.4. The third kappa shape index (κ3) is 8.06. The minimum Gasteiger partial charge on any atom is -0.406 e. The summed E-state index contributed by atoms with van der Waals surface area (Å²) in [4.78, 5) is 13.4. The first-order chi connectivity index (χ1) is 18.9. The average Bonchev–Trinajstić information content (AvgIpc) is 3.38. The van der Waals surface area contributed by atoms with Crippen molar-refractivity contribution >= 4 is 6.03 Å². The second-order valence-electron chi connectivity index (χ2n) is 9.62. The average molecular weight is 567 g/mol. The number of ether oxygens (including phenoxy) is 2. The third-order valence-electron chi connectivity index (χ3n) is 6.77. The standard InChI is InChI=1S/C29H28F6N2O3/c30-28(31,32)39-24-14-6-10-21(18-24)27(17-16-20-8-2-1-3-9-20,37-26(38)36-23-12-4-5-13-23)22-11-7-15-25(19-22)40-29(33,34)35/h1-3,6-11,14-15,18-19,23H,4-5,12-13,16-17H2,(H2,36,37,38). The zero-order valence-electron chi connectivity index (χ0n) is 21.3. The topological polar surface area (TPSA) is 59.6 Å². The number of urea groups is 1. The smallest absolute Gasteiger partial charge is 0.406 e. The second kappa shape index (κ2) is 12.1. The second-order valence-corrected chi connectivity index (χ2v) is 9.62. The van der Waals surface area contributed by atoms with Gasteiger partial charge in [0.1, 0.15) is 11.5 Å². The molecule has 2 amide bonds. The summed E-state index contributed by atoms with van der Waals surface area (Å²) in [6.07, 6.45) is -6.09. The van der Waals surface area contributed by atoms with E-state index in [4.69, 9.17) is 0 Å². The van der Waals surface area contributed by atoms with E-state index in [-0.39, 0.29) is 23.6 Å². The van der Waals surface area contributed by atoms with Crippen molar-refractivity contribution < 1.29 is 40.6 Å². The molecule has 0 aliphatic heterocycles. The van der Waals surface area contributed by atoms with Gasteiger partial charge in [0.05, 0.1) is 5.54 Å². The molecule has 214 valence electrons. The summed E-state index contributed by atoms with van der Waals surface area (Å²) >= 11 is 0. The molecule has 3 aromatic carbocycles. The lowest BCUT2D eigenvalue weighted by molar-refractivity contribution is -0.275. The Kier molecular flexibility index (Phi) is 8.80. The molecule has 0 radical (unpaired) electrons. The molecule has 4 rings (SSSR count). The number of rotatable bonds is 9.